The van der Waals surface area contributed by atoms with Crippen molar-refractivity contribution in [3.05, 3.63) is 11.9 Å². The van der Waals surface area contributed by atoms with Crippen LogP contribution in [0.1, 0.15) is 0 Å². The third-order valence-corrected chi connectivity index (χ3v) is 1.23. The summed E-state index contributed by atoms with van der Waals surface area (Å²) in [5.74, 6) is -8.10. The monoisotopic (exact) mass is 264 g/mol. The molecule has 0 unspecified atom stereocenters. The van der Waals surface area contributed by atoms with Gasteiger partial charge in [0.1, 0.15) is 5.83 Å². The molecular formula is C6H2F10. The van der Waals surface area contributed by atoms with Crippen LogP contribution in [0, 0.1) is 5.92 Å². The van der Waals surface area contributed by atoms with E-state index in [9.17, 15) is 43.9 Å². The van der Waals surface area contributed by atoms with Gasteiger partial charge < -0.3 is 0 Å². The first-order valence-corrected chi connectivity index (χ1v) is 3.33. The Kier molecular flexibility index (Phi) is 3.88. The van der Waals surface area contributed by atoms with E-state index in [-0.39, 0.29) is 0 Å². The molecule has 0 saturated carbocycles. The predicted octanol–water partition coefficient (Wildman–Crippen LogP) is 4.14. The SMILES string of the molecule is FC(=CC(F)(F)F)C(C(F)(F)F)C(F)(F)F. The van der Waals surface area contributed by atoms with Crippen LogP contribution in [0.2, 0.25) is 0 Å². The van der Waals surface area contributed by atoms with Crippen molar-refractivity contribution >= 4 is 0 Å². The molecule has 0 saturated heterocycles. The van der Waals surface area contributed by atoms with Gasteiger partial charge in [-0.25, -0.2) is 4.39 Å². The lowest BCUT2D eigenvalue weighted by Gasteiger charge is -2.21. The van der Waals surface area contributed by atoms with Gasteiger partial charge in [0.15, 0.2) is 0 Å². The van der Waals surface area contributed by atoms with Crippen LogP contribution in [0.4, 0.5) is 43.9 Å². The number of alkyl halides is 9. The summed E-state index contributed by atoms with van der Waals surface area (Å²) in [6.07, 6.45) is -19.6. The first-order chi connectivity index (χ1) is 6.75. The Bertz CT molecular complexity index is 249. The van der Waals surface area contributed by atoms with Crippen LogP contribution in [-0.4, -0.2) is 18.5 Å². The van der Waals surface area contributed by atoms with Crippen LogP contribution < -0.4 is 0 Å². The average Bonchev–Trinajstić information content (AvgIpc) is 1.70. The van der Waals surface area contributed by atoms with E-state index in [1.54, 1.807) is 0 Å². The lowest BCUT2D eigenvalue weighted by atomic mass is 10.1. The second-order valence-corrected chi connectivity index (χ2v) is 2.59. The minimum atomic E-state index is -6.18. The van der Waals surface area contributed by atoms with Gasteiger partial charge >= 0.3 is 18.5 Å². The fraction of sp³-hybridized carbons (Fsp3) is 0.667. The van der Waals surface area contributed by atoms with E-state index in [1.807, 2.05) is 0 Å². The van der Waals surface area contributed by atoms with E-state index >= 15 is 0 Å². The molecule has 0 aliphatic carbocycles. The van der Waals surface area contributed by atoms with Crippen molar-refractivity contribution in [3.8, 4) is 0 Å². The molecule has 0 fully saturated rings. The van der Waals surface area contributed by atoms with Crippen molar-refractivity contribution in [2.45, 2.75) is 18.5 Å². The first-order valence-electron chi connectivity index (χ1n) is 3.33. The molecule has 0 spiro atoms. The van der Waals surface area contributed by atoms with Gasteiger partial charge in [-0.05, 0) is 0 Å². The van der Waals surface area contributed by atoms with E-state index in [4.69, 9.17) is 0 Å². The highest BCUT2D eigenvalue weighted by Gasteiger charge is 2.59. The zero-order valence-corrected chi connectivity index (χ0v) is 6.93. The molecule has 16 heavy (non-hydrogen) atoms. The van der Waals surface area contributed by atoms with Gasteiger partial charge in [-0.3, -0.25) is 0 Å². The van der Waals surface area contributed by atoms with Gasteiger partial charge in [0.2, 0.25) is 5.92 Å². The van der Waals surface area contributed by atoms with Crippen molar-refractivity contribution in [3.63, 3.8) is 0 Å². The van der Waals surface area contributed by atoms with Crippen LogP contribution >= 0.6 is 0 Å². The maximum Gasteiger partial charge on any atom is 0.412 e. The van der Waals surface area contributed by atoms with Gasteiger partial charge in [0, 0.05) is 0 Å². The Morgan fingerprint density at radius 2 is 1.06 bits per heavy atom. The Morgan fingerprint density at radius 3 is 1.25 bits per heavy atom. The van der Waals surface area contributed by atoms with Crippen LogP contribution in [0.3, 0.4) is 0 Å². The van der Waals surface area contributed by atoms with Gasteiger partial charge in [-0.2, -0.15) is 39.5 Å². The second kappa shape index (κ2) is 4.13. The summed E-state index contributed by atoms with van der Waals surface area (Å²) in [6.45, 7) is 0. The predicted molar refractivity (Wildman–Crippen MR) is 30.8 cm³/mol. The summed E-state index contributed by atoms with van der Waals surface area (Å²) in [5, 5.41) is 0. The molecule has 0 heterocycles. The smallest absolute Gasteiger partial charge is 0.211 e. The minimum Gasteiger partial charge on any atom is -0.211 e. The zero-order valence-electron chi connectivity index (χ0n) is 6.93. The second-order valence-electron chi connectivity index (χ2n) is 2.59. The summed E-state index contributed by atoms with van der Waals surface area (Å²) in [6, 6.07) is 0. The lowest BCUT2D eigenvalue weighted by molar-refractivity contribution is -0.276. The maximum absolute atomic E-state index is 12.3. The highest BCUT2D eigenvalue weighted by atomic mass is 19.4. The highest BCUT2D eigenvalue weighted by Crippen LogP contribution is 2.44. The summed E-state index contributed by atoms with van der Waals surface area (Å²) in [7, 11) is 0. The molecule has 0 aromatic rings. The van der Waals surface area contributed by atoms with Gasteiger partial charge in [-0.15, -0.1) is 0 Å². The van der Waals surface area contributed by atoms with Crippen molar-refractivity contribution in [1.29, 1.82) is 0 Å². The van der Waals surface area contributed by atoms with Crippen LogP contribution in [0.15, 0.2) is 11.9 Å². The fourth-order valence-corrected chi connectivity index (χ4v) is 0.738. The van der Waals surface area contributed by atoms with Gasteiger partial charge in [-0.1, -0.05) is 0 Å². The molecule has 0 amide bonds. The Balaban J connectivity index is 5.33. The molecule has 0 aromatic heterocycles. The summed E-state index contributed by atoms with van der Waals surface area (Å²) in [4.78, 5) is 0. The molecule has 0 aliphatic rings. The Labute approximate surface area is 81.5 Å². The molecule has 0 radical (unpaired) electrons. The molecule has 10 heteroatoms. The Morgan fingerprint density at radius 1 is 0.750 bits per heavy atom. The molecule has 0 atom stereocenters. The van der Waals surface area contributed by atoms with E-state index in [0.29, 0.717) is 0 Å². The van der Waals surface area contributed by atoms with Crippen molar-refractivity contribution in [1.82, 2.24) is 0 Å². The molecule has 96 valence electrons. The van der Waals surface area contributed by atoms with Crippen molar-refractivity contribution < 1.29 is 43.9 Å². The number of hydrogen-bond donors (Lipinski definition) is 0. The summed E-state index contributed by atoms with van der Waals surface area (Å²) < 4.78 is 116. The average molecular weight is 264 g/mol. The third-order valence-electron chi connectivity index (χ3n) is 1.23. The van der Waals surface area contributed by atoms with E-state index in [0.717, 1.165) is 0 Å². The molecule has 0 N–H and O–H groups in total. The highest BCUT2D eigenvalue weighted by molar-refractivity contribution is 5.06. The quantitative estimate of drug-likeness (QED) is 0.624. The topological polar surface area (TPSA) is 0 Å². The normalized spacial score (nSPS) is 15.8. The van der Waals surface area contributed by atoms with E-state index < -0.39 is 36.3 Å². The van der Waals surface area contributed by atoms with Crippen LogP contribution in [-0.2, 0) is 0 Å². The molecular weight excluding hydrogens is 262 g/mol. The molecule has 0 rings (SSSR count). The third kappa shape index (κ3) is 4.71. The van der Waals surface area contributed by atoms with Gasteiger partial charge in [0.05, 0.1) is 6.08 Å². The fourth-order valence-electron chi connectivity index (χ4n) is 0.738. The lowest BCUT2D eigenvalue weighted by Crippen LogP contribution is -2.37. The van der Waals surface area contributed by atoms with E-state index in [2.05, 4.69) is 0 Å². The molecule has 0 aromatic carbocycles. The van der Waals surface area contributed by atoms with Crippen LogP contribution in [0.25, 0.3) is 0 Å². The zero-order chi connectivity index (χ0) is 13.4. The largest absolute Gasteiger partial charge is 0.412 e. The minimum absolute atomic E-state index is 1.67. The maximum atomic E-state index is 12.3. The van der Waals surface area contributed by atoms with Crippen LogP contribution in [0.5, 0.6) is 0 Å². The summed E-state index contributed by atoms with van der Waals surface area (Å²) >= 11 is 0. The van der Waals surface area contributed by atoms with Crippen molar-refractivity contribution in [2.24, 2.45) is 5.92 Å². The van der Waals surface area contributed by atoms with Crippen molar-refractivity contribution in [2.75, 3.05) is 0 Å². The molecule has 0 bridgehead atoms. The number of rotatable bonds is 1. The number of hydrogen-bond acceptors (Lipinski definition) is 0. The molecule has 0 nitrogen and oxygen atoms in total. The Hall–Kier alpha value is -0.960. The first kappa shape index (κ1) is 15.0. The number of halogens is 10. The van der Waals surface area contributed by atoms with Gasteiger partial charge in [0.25, 0.3) is 0 Å². The van der Waals surface area contributed by atoms with E-state index in [1.165, 1.54) is 0 Å². The molecule has 0 aliphatic heterocycles. The summed E-state index contributed by atoms with van der Waals surface area (Å²) in [5.41, 5.74) is 0. The standard InChI is InChI=1S/C6H2F10/c7-2(1-4(8,9)10)3(5(11,12)13)6(14,15)16/h1,3H. The number of allylic oxidation sites excluding steroid dienone is 2.